The van der Waals surface area contributed by atoms with E-state index in [9.17, 15) is 9.18 Å². The highest BCUT2D eigenvalue weighted by atomic mass is 35.5. The summed E-state index contributed by atoms with van der Waals surface area (Å²) in [6.45, 7) is 6.15. The maximum Gasteiger partial charge on any atom is 0.255 e. The third-order valence-electron chi connectivity index (χ3n) is 7.17. The SMILES string of the molecule is CCCC1CCOc2c(C(=O)NC3CCN(C(CC)Oc4ccc(F)cc4)CC3OC)cc(Cl)cc21. The molecule has 1 fully saturated rings. The lowest BCUT2D eigenvalue weighted by Crippen LogP contribution is -2.57. The second kappa shape index (κ2) is 12.3. The van der Waals surface area contributed by atoms with E-state index in [-0.39, 0.29) is 30.1 Å². The van der Waals surface area contributed by atoms with E-state index in [1.807, 2.05) is 6.07 Å². The van der Waals surface area contributed by atoms with Crippen molar-refractivity contribution >= 4 is 17.5 Å². The van der Waals surface area contributed by atoms with Crippen LogP contribution < -0.4 is 14.8 Å². The van der Waals surface area contributed by atoms with Crippen molar-refractivity contribution in [3.63, 3.8) is 0 Å². The van der Waals surface area contributed by atoms with Crippen LogP contribution in [0, 0.1) is 5.82 Å². The normalized spacial score (nSPS) is 22.9. The summed E-state index contributed by atoms with van der Waals surface area (Å²) in [6.07, 6.45) is 4.12. The molecule has 2 aromatic carbocycles. The Labute approximate surface area is 218 Å². The van der Waals surface area contributed by atoms with Crippen LogP contribution in [-0.2, 0) is 4.74 Å². The molecule has 0 spiro atoms. The Morgan fingerprint density at radius 2 is 2.03 bits per heavy atom. The highest BCUT2D eigenvalue weighted by Gasteiger charge is 2.35. The third-order valence-corrected chi connectivity index (χ3v) is 7.39. The van der Waals surface area contributed by atoms with Crippen LogP contribution in [0.2, 0.25) is 5.02 Å². The maximum absolute atomic E-state index is 13.4. The molecule has 1 saturated heterocycles. The molecule has 4 rings (SSSR count). The average molecular weight is 519 g/mol. The van der Waals surface area contributed by atoms with Crippen LogP contribution in [0.3, 0.4) is 0 Å². The lowest BCUT2D eigenvalue weighted by molar-refractivity contribution is -0.0554. The molecule has 0 radical (unpaired) electrons. The number of hydrogen-bond donors (Lipinski definition) is 1. The number of nitrogens with one attached hydrogen (secondary N) is 1. The number of rotatable bonds is 9. The van der Waals surface area contributed by atoms with Crippen molar-refractivity contribution < 1.29 is 23.4 Å². The van der Waals surface area contributed by atoms with Gasteiger partial charge in [-0.3, -0.25) is 9.69 Å². The summed E-state index contributed by atoms with van der Waals surface area (Å²) >= 11 is 6.43. The van der Waals surface area contributed by atoms with Crippen LogP contribution in [-0.4, -0.2) is 56.0 Å². The minimum absolute atomic E-state index is 0.160. The predicted octanol–water partition coefficient (Wildman–Crippen LogP) is 5.78. The summed E-state index contributed by atoms with van der Waals surface area (Å²) in [4.78, 5) is 15.6. The van der Waals surface area contributed by atoms with Gasteiger partial charge >= 0.3 is 0 Å². The van der Waals surface area contributed by atoms with Crippen molar-refractivity contribution in [2.75, 3.05) is 26.8 Å². The number of methoxy groups -OCH3 is 1. The van der Waals surface area contributed by atoms with Crippen LogP contribution in [0.5, 0.6) is 11.5 Å². The first-order valence-corrected chi connectivity index (χ1v) is 13.3. The second-order valence-corrected chi connectivity index (χ2v) is 10.0. The molecule has 8 heteroatoms. The van der Waals surface area contributed by atoms with Gasteiger partial charge in [0.2, 0.25) is 0 Å². The van der Waals surface area contributed by atoms with Gasteiger partial charge in [0.05, 0.1) is 24.3 Å². The summed E-state index contributed by atoms with van der Waals surface area (Å²) in [5.41, 5.74) is 1.52. The fraction of sp³-hybridized carbons (Fsp3) is 0.536. The average Bonchev–Trinajstić information content (AvgIpc) is 2.88. The summed E-state index contributed by atoms with van der Waals surface area (Å²) < 4.78 is 31.2. The van der Waals surface area contributed by atoms with Crippen molar-refractivity contribution in [2.45, 2.75) is 70.2 Å². The standard InChI is InChI=1S/C28H36ClFN2O4/c1-4-6-18-12-14-35-27-22(18)15-19(29)16-23(27)28(33)31-24-11-13-32(17-25(24)34-3)26(5-2)36-21-9-7-20(30)8-10-21/h7-10,15-16,18,24-26H,4-6,11-14,17H2,1-3H3,(H,31,33). The van der Waals surface area contributed by atoms with Crippen LogP contribution >= 0.6 is 11.6 Å². The quantitative estimate of drug-likeness (QED) is 0.456. The molecule has 0 aliphatic carbocycles. The lowest BCUT2D eigenvalue weighted by atomic mass is 9.87. The van der Waals surface area contributed by atoms with E-state index in [1.165, 1.54) is 12.1 Å². The zero-order chi connectivity index (χ0) is 25.7. The molecule has 0 saturated carbocycles. The van der Waals surface area contributed by atoms with Crippen LogP contribution in [0.15, 0.2) is 36.4 Å². The smallest absolute Gasteiger partial charge is 0.255 e. The Hall–Kier alpha value is -2.35. The first kappa shape index (κ1) is 26.7. The molecule has 36 heavy (non-hydrogen) atoms. The van der Waals surface area contributed by atoms with E-state index in [2.05, 4.69) is 24.1 Å². The molecule has 6 nitrogen and oxygen atoms in total. The molecule has 1 amide bonds. The number of piperidine rings is 1. The molecule has 4 atom stereocenters. The summed E-state index contributed by atoms with van der Waals surface area (Å²) in [5.74, 6) is 1.15. The number of fused-ring (bicyclic) bond motifs is 1. The Bertz CT molecular complexity index is 1030. The van der Waals surface area contributed by atoms with Crippen LogP contribution in [0.4, 0.5) is 4.39 Å². The number of hydrogen-bond acceptors (Lipinski definition) is 5. The monoisotopic (exact) mass is 518 g/mol. The Balaban J connectivity index is 1.44. The number of likely N-dealkylation sites (tertiary alicyclic amines) is 1. The molecule has 1 N–H and O–H groups in total. The number of halogens is 2. The van der Waals surface area contributed by atoms with E-state index < -0.39 is 0 Å². The molecule has 2 aliphatic heterocycles. The number of carbonyl (C=O) groups excluding carboxylic acids is 1. The summed E-state index contributed by atoms with van der Waals surface area (Å²) in [6, 6.07) is 9.54. The van der Waals surface area contributed by atoms with Gasteiger partial charge in [-0.15, -0.1) is 0 Å². The minimum Gasteiger partial charge on any atom is -0.492 e. The van der Waals surface area contributed by atoms with Gasteiger partial charge in [0, 0.05) is 25.2 Å². The van der Waals surface area contributed by atoms with Crippen molar-refractivity contribution in [3.05, 3.63) is 58.4 Å². The highest BCUT2D eigenvalue weighted by molar-refractivity contribution is 6.31. The molecule has 4 unspecified atom stereocenters. The fourth-order valence-electron chi connectivity index (χ4n) is 5.29. The zero-order valence-corrected chi connectivity index (χ0v) is 22.0. The van der Waals surface area contributed by atoms with Gasteiger partial charge < -0.3 is 19.5 Å². The third kappa shape index (κ3) is 6.13. The molecular formula is C28H36ClFN2O4. The van der Waals surface area contributed by atoms with Crippen LogP contribution in [0.1, 0.15) is 67.8 Å². The Morgan fingerprint density at radius 1 is 1.25 bits per heavy atom. The molecule has 2 aromatic rings. The van der Waals surface area contributed by atoms with E-state index in [4.69, 9.17) is 25.8 Å². The van der Waals surface area contributed by atoms with E-state index >= 15 is 0 Å². The van der Waals surface area contributed by atoms with Crippen molar-refractivity contribution in [3.8, 4) is 11.5 Å². The van der Waals surface area contributed by atoms with Gasteiger partial charge in [-0.05, 0) is 73.6 Å². The number of benzene rings is 2. The Kier molecular flexibility index (Phi) is 9.09. The highest BCUT2D eigenvalue weighted by Crippen LogP contribution is 2.40. The van der Waals surface area contributed by atoms with Crippen LogP contribution in [0.25, 0.3) is 0 Å². The largest absolute Gasteiger partial charge is 0.492 e. The summed E-state index contributed by atoms with van der Waals surface area (Å²) in [7, 11) is 1.66. The molecular weight excluding hydrogens is 483 g/mol. The number of ether oxygens (including phenoxy) is 3. The van der Waals surface area contributed by atoms with Gasteiger partial charge in [-0.2, -0.15) is 0 Å². The maximum atomic E-state index is 13.4. The van der Waals surface area contributed by atoms with Gasteiger partial charge in [-0.1, -0.05) is 31.9 Å². The first-order chi connectivity index (χ1) is 17.4. The fourth-order valence-corrected chi connectivity index (χ4v) is 5.52. The number of amides is 1. The molecule has 0 aromatic heterocycles. The Morgan fingerprint density at radius 3 is 2.72 bits per heavy atom. The molecule has 2 heterocycles. The van der Waals surface area contributed by atoms with Crippen molar-refractivity contribution in [1.29, 1.82) is 0 Å². The molecule has 2 aliphatic rings. The zero-order valence-electron chi connectivity index (χ0n) is 21.3. The van der Waals surface area contributed by atoms with E-state index in [1.54, 1.807) is 25.3 Å². The van der Waals surface area contributed by atoms with Gasteiger partial charge in [0.1, 0.15) is 17.3 Å². The van der Waals surface area contributed by atoms with Gasteiger partial charge in [-0.25, -0.2) is 4.39 Å². The van der Waals surface area contributed by atoms with Crippen molar-refractivity contribution in [1.82, 2.24) is 10.2 Å². The minimum atomic E-state index is -0.293. The lowest BCUT2D eigenvalue weighted by Gasteiger charge is -2.41. The second-order valence-electron chi connectivity index (χ2n) is 9.57. The predicted molar refractivity (Wildman–Crippen MR) is 139 cm³/mol. The van der Waals surface area contributed by atoms with Crippen molar-refractivity contribution in [2.24, 2.45) is 0 Å². The topological polar surface area (TPSA) is 60.0 Å². The molecule has 196 valence electrons. The number of nitrogens with zero attached hydrogens (tertiary/aromatic N) is 1. The van der Waals surface area contributed by atoms with E-state index in [0.717, 1.165) is 37.8 Å². The van der Waals surface area contributed by atoms with Gasteiger partial charge in [0.15, 0.2) is 6.23 Å². The molecule has 0 bridgehead atoms. The first-order valence-electron chi connectivity index (χ1n) is 12.9. The van der Waals surface area contributed by atoms with Gasteiger partial charge in [0.25, 0.3) is 5.91 Å². The summed E-state index contributed by atoms with van der Waals surface area (Å²) in [5, 5.41) is 3.73. The van der Waals surface area contributed by atoms with E-state index in [0.29, 0.717) is 47.6 Å². The number of carbonyl (C=O) groups is 1.